The zero-order valence-corrected chi connectivity index (χ0v) is 10.9. The van der Waals surface area contributed by atoms with Crippen molar-refractivity contribution in [2.24, 2.45) is 0 Å². The van der Waals surface area contributed by atoms with Crippen LogP contribution in [0.3, 0.4) is 0 Å². The van der Waals surface area contributed by atoms with Crippen molar-refractivity contribution in [3.8, 4) is 0 Å². The summed E-state index contributed by atoms with van der Waals surface area (Å²) in [6.07, 6.45) is 7.31. The van der Waals surface area contributed by atoms with Gasteiger partial charge in [-0.15, -0.1) is 0 Å². The van der Waals surface area contributed by atoms with Gasteiger partial charge in [-0.1, -0.05) is 33.1 Å². The first kappa shape index (κ1) is 13.2. The second-order valence-electron chi connectivity index (χ2n) is 4.43. The lowest BCUT2D eigenvalue weighted by Gasteiger charge is -2.25. The third-order valence-corrected chi connectivity index (χ3v) is 5.21. The molecule has 3 unspecified atom stereocenters. The zero-order valence-electron chi connectivity index (χ0n) is 10.1. The van der Waals surface area contributed by atoms with E-state index in [9.17, 15) is 4.21 Å². The summed E-state index contributed by atoms with van der Waals surface area (Å²) in [5.41, 5.74) is 0. The second kappa shape index (κ2) is 7.39. The Morgan fingerprint density at radius 2 is 1.93 bits per heavy atom. The van der Waals surface area contributed by atoms with Crippen LogP contribution in [0.4, 0.5) is 0 Å². The van der Waals surface area contributed by atoms with Crippen molar-refractivity contribution in [1.29, 1.82) is 0 Å². The van der Waals surface area contributed by atoms with Gasteiger partial charge in [-0.3, -0.25) is 4.21 Å². The molecule has 1 saturated carbocycles. The molecule has 1 N–H and O–H groups in total. The van der Waals surface area contributed by atoms with Gasteiger partial charge in [0.1, 0.15) is 0 Å². The highest BCUT2D eigenvalue weighted by atomic mass is 32.2. The SMILES string of the molecule is CCCS(=O)C1CCCCCC1NCC. The molecule has 1 aliphatic carbocycles. The highest BCUT2D eigenvalue weighted by Crippen LogP contribution is 2.22. The van der Waals surface area contributed by atoms with Crippen molar-refractivity contribution in [1.82, 2.24) is 5.32 Å². The average Bonchev–Trinajstić information content (AvgIpc) is 2.44. The Morgan fingerprint density at radius 1 is 1.20 bits per heavy atom. The van der Waals surface area contributed by atoms with Crippen LogP contribution in [0.2, 0.25) is 0 Å². The summed E-state index contributed by atoms with van der Waals surface area (Å²) >= 11 is 0. The van der Waals surface area contributed by atoms with Crippen LogP contribution < -0.4 is 5.32 Å². The summed E-state index contributed by atoms with van der Waals surface area (Å²) in [6, 6.07) is 0.505. The molecule has 0 aromatic heterocycles. The number of hydrogen-bond acceptors (Lipinski definition) is 2. The molecule has 0 bridgehead atoms. The van der Waals surface area contributed by atoms with E-state index in [1.807, 2.05) is 0 Å². The summed E-state index contributed by atoms with van der Waals surface area (Å²) in [7, 11) is -0.612. The van der Waals surface area contributed by atoms with Gasteiger partial charge < -0.3 is 5.32 Å². The monoisotopic (exact) mass is 231 g/mol. The van der Waals surface area contributed by atoms with Gasteiger partial charge in [0.05, 0.1) is 5.25 Å². The van der Waals surface area contributed by atoms with Gasteiger partial charge in [-0.2, -0.15) is 0 Å². The van der Waals surface area contributed by atoms with Crippen LogP contribution in [-0.4, -0.2) is 27.8 Å². The molecular formula is C12H25NOS. The van der Waals surface area contributed by atoms with E-state index >= 15 is 0 Å². The molecule has 15 heavy (non-hydrogen) atoms. The molecule has 2 nitrogen and oxygen atoms in total. The molecule has 1 aliphatic rings. The standard InChI is InChI=1S/C12H25NOS/c1-3-10-15(14)12-9-7-5-6-8-11(12)13-4-2/h11-13H,3-10H2,1-2H3. The van der Waals surface area contributed by atoms with Gasteiger partial charge in [0.2, 0.25) is 0 Å². The van der Waals surface area contributed by atoms with Crippen LogP contribution in [0, 0.1) is 0 Å². The van der Waals surface area contributed by atoms with Crippen LogP contribution >= 0.6 is 0 Å². The van der Waals surface area contributed by atoms with Crippen molar-refractivity contribution in [2.45, 2.75) is 63.7 Å². The first-order valence-electron chi connectivity index (χ1n) is 6.40. The first-order chi connectivity index (χ1) is 7.29. The molecule has 0 saturated heterocycles. The molecule has 0 aromatic carbocycles. The van der Waals surface area contributed by atoms with Gasteiger partial charge in [-0.05, 0) is 25.8 Å². The van der Waals surface area contributed by atoms with Crippen molar-refractivity contribution >= 4 is 10.8 Å². The lowest BCUT2D eigenvalue weighted by Crippen LogP contribution is -2.42. The van der Waals surface area contributed by atoms with Crippen molar-refractivity contribution in [3.63, 3.8) is 0 Å². The fourth-order valence-electron chi connectivity index (χ4n) is 2.44. The van der Waals surface area contributed by atoms with E-state index in [4.69, 9.17) is 0 Å². The van der Waals surface area contributed by atoms with E-state index in [-0.39, 0.29) is 0 Å². The number of nitrogens with one attached hydrogen (secondary N) is 1. The van der Waals surface area contributed by atoms with Crippen molar-refractivity contribution < 1.29 is 4.21 Å². The Balaban J connectivity index is 2.56. The number of rotatable bonds is 5. The Kier molecular flexibility index (Phi) is 6.50. The molecule has 90 valence electrons. The predicted octanol–water partition coefficient (Wildman–Crippen LogP) is 2.46. The van der Waals surface area contributed by atoms with E-state index in [0.717, 1.165) is 25.1 Å². The fourth-order valence-corrected chi connectivity index (χ4v) is 4.17. The highest BCUT2D eigenvalue weighted by molar-refractivity contribution is 7.85. The molecule has 0 spiro atoms. The Labute approximate surface area is 96.7 Å². The Bertz CT molecular complexity index is 196. The van der Waals surface area contributed by atoms with Gasteiger partial charge in [0.25, 0.3) is 0 Å². The van der Waals surface area contributed by atoms with E-state index in [0.29, 0.717) is 11.3 Å². The van der Waals surface area contributed by atoms with Crippen LogP contribution in [0.25, 0.3) is 0 Å². The summed E-state index contributed by atoms with van der Waals surface area (Å²) in [4.78, 5) is 0. The van der Waals surface area contributed by atoms with Gasteiger partial charge >= 0.3 is 0 Å². The molecular weight excluding hydrogens is 206 g/mol. The minimum atomic E-state index is -0.612. The molecule has 1 rings (SSSR count). The fraction of sp³-hybridized carbons (Fsp3) is 1.00. The van der Waals surface area contributed by atoms with Crippen molar-refractivity contribution in [2.75, 3.05) is 12.3 Å². The molecule has 0 aromatic rings. The van der Waals surface area contributed by atoms with Gasteiger partial charge in [0.15, 0.2) is 0 Å². The zero-order chi connectivity index (χ0) is 11.1. The van der Waals surface area contributed by atoms with E-state index in [1.54, 1.807) is 0 Å². The Morgan fingerprint density at radius 3 is 2.60 bits per heavy atom. The van der Waals surface area contributed by atoms with E-state index in [2.05, 4.69) is 19.2 Å². The molecule has 0 heterocycles. The van der Waals surface area contributed by atoms with E-state index in [1.165, 1.54) is 25.7 Å². The second-order valence-corrected chi connectivity index (χ2v) is 6.20. The maximum Gasteiger partial charge on any atom is 0.0501 e. The van der Waals surface area contributed by atoms with Gasteiger partial charge in [0, 0.05) is 22.6 Å². The summed E-state index contributed by atoms with van der Waals surface area (Å²) < 4.78 is 12.1. The van der Waals surface area contributed by atoms with E-state index < -0.39 is 10.8 Å². The quantitative estimate of drug-likeness (QED) is 0.736. The summed E-state index contributed by atoms with van der Waals surface area (Å²) in [5, 5.41) is 3.93. The van der Waals surface area contributed by atoms with Crippen LogP contribution in [-0.2, 0) is 10.8 Å². The molecule has 0 radical (unpaired) electrons. The average molecular weight is 231 g/mol. The number of hydrogen-bond donors (Lipinski definition) is 1. The lowest BCUT2D eigenvalue weighted by atomic mass is 10.1. The molecule has 3 heteroatoms. The minimum absolute atomic E-state index is 0.410. The molecule has 3 atom stereocenters. The topological polar surface area (TPSA) is 29.1 Å². The van der Waals surface area contributed by atoms with Crippen molar-refractivity contribution in [3.05, 3.63) is 0 Å². The predicted molar refractivity (Wildman–Crippen MR) is 67.6 cm³/mol. The van der Waals surface area contributed by atoms with Crippen LogP contribution in [0.15, 0.2) is 0 Å². The molecule has 0 amide bonds. The lowest BCUT2D eigenvalue weighted by molar-refractivity contribution is 0.474. The summed E-state index contributed by atoms with van der Waals surface area (Å²) in [5.74, 6) is 0.882. The maximum atomic E-state index is 12.1. The molecule has 0 aliphatic heterocycles. The highest BCUT2D eigenvalue weighted by Gasteiger charge is 2.27. The Hall–Kier alpha value is 0.110. The third kappa shape index (κ3) is 4.23. The largest absolute Gasteiger partial charge is 0.313 e. The maximum absolute atomic E-state index is 12.1. The summed E-state index contributed by atoms with van der Waals surface area (Å²) in [6.45, 7) is 5.27. The smallest absolute Gasteiger partial charge is 0.0501 e. The molecule has 1 fully saturated rings. The normalized spacial score (nSPS) is 29.7. The van der Waals surface area contributed by atoms with Crippen LogP contribution in [0.5, 0.6) is 0 Å². The third-order valence-electron chi connectivity index (χ3n) is 3.16. The van der Waals surface area contributed by atoms with Gasteiger partial charge in [-0.25, -0.2) is 0 Å². The first-order valence-corrected chi connectivity index (χ1v) is 7.78. The minimum Gasteiger partial charge on any atom is -0.313 e. The van der Waals surface area contributed by atoms with Crippen LogP contribution in [0.1, 0.15) is 52.4 Å².